The quantitative estimate of drug-likeness (QED) is 0.900. The number of aliphatic hydroxyl groups is 1. The van der Waals surface area contributed by atoms with Crippen LogP contribution in [-0.4, -0.2) is 10.1 Å². The first kappa shape index (κ1) is 11.3. The summed E-state index contributed by atoms with van der Waals surface area (Å²) in [7, 11) is 0. The second-order valence-corrected chi connectivity index (χ2v) is 6.97. The van der Waals surface area contributed by atoms with Gasteiger partial charge < -0.3 is 5.11 Å². The van der Waals surface area contributed by atoms with E-state index < -0.39 is 0 Å². The van der Waals surface area contributed by atoms with E-state index in [1.54, 1.807) is 0 Å². The average molecular weight is 265 g/mol. The Morgan fingerprint density at radius 2 is 1.90 bits per heavy atom. The molecule has 5 unspecified atom stereocenters. The van der Waals surface area contributed by atoms with E-state index in [4.69, 9.17) is 0 Å². The van der Waals surface area contributed by atoms with Gasteiger partial charge in [0.1, 0.15) is 0 Å². The molecule has 3 fully saturated rings. The van der Waals surface area contributed by atoms with Gasteiger partial charge in [0.05, 0.1) is 11.6 Å². The fourth-order valence-electron chi connectivity index (χ4n) is 5.32. The van der Waals surface area contributed by atoms with Crippen LogP contribution in [0.2, 0.25) is 0 Å². The maximum atomic E-state index is 10.8. The molecule has 0 radical (unpaired) electrons. The van der Waals surface area contributed by atoms with Crippen LogP contribution < -0.4 is 0 Å². The SMILES string of the molecule is OC(c1ccc2ncccc2c1)C1C2C3CCC(C3)C21. The van der Waals surface area contributed by atoms with Crippen LogP contribution in [0.5, 0.6) is 0 Å². The molecule has 5 atom stereocenters. The first-order valence-corrected chi connectivity index (χ1v) is 7.86. The molecular weight excluding hydrogens is 246 g/mol. The Hall–Kier alpha value is -1.41. The van der Waals surface area contributed by atoms with Gasteiger partial charge in [0.15, 0.2) is 0 Å². The van der Waals surface area contributed by atoms with Crippen molar-refractivity contribution in [3.8, 4) is 0 Å². The third kappa shape index (κ3) is 1.40. The third-order valence-electron chi connectivity index (χ3n) is 6.13. The van der Waals surface area contributed by atoms with Crippen LogP contribution in [0.3, 0.4) is 0 Å². The predicted octanol–water partition coefficient (Wildman–Crippen LogP) is 3.56. The molecule has 0 aliphatic heterocycles. The Morgan fingerprint density at radius 3 is 2.70 bits per heavy atom. The number of aliphatic hydroxyl groups excluding tert-OH is 1. The number of rotatable bonds is 2. The van der Waals surface area contributed by atoms with E-state index in [2.05, 4.69) is 23.2 Å². The molecule has 2 nitrogen and oxygen atoms in total. The molecule has 20 heavy (non-hydrogen) atoms. The molecule has 2 heteroatoms. The Labute approximate surface area is 118 Å². The van der Waals surface area contributed by atoms with Crippen LogP contribution in [0.15, 0.2) is 36.5 Å². The molecule has 2 aromatic rings. The van der Waals surface area contributed by atoms with Crippen molar-refractivity contribution in [3.63, 3.8) is 0 Å². The molecular formula is C18H19NO. The zero-order chi connectivity index (χ0) is 13.3. The number of nitrogens with zero attached hydrogens (tertiary/aromatic N) is 1. The first-order chi connectivity index (χ1) is 9.83. The van der Waals surface area contributed by atoms with Gasteiger partial charge in [0.25, 0.3) is 0 Å². The molecule has 3 aliphatic rings. The molecule has 2 bridgehead atoms. The van der Waals surface area contributed by atoms with Crippen molar-refractivity contribution in [2.45, 2.75) is 25.4 Å². The number of fused-ring (bicyclic) bond motifs is 6. The van der Waals surface area contributed by atoms with E-state index in [0.717, 1.165) is 40.1 Å². The first-order valence-electron chi connectivity index (χ1n) is 7.86. The van der Waals surface area contributed by atoms with Gasteiger partial charge in [-0.3, -0.25) is 4.98 Å². The largest absolute Gasteiger partial charge is 0.388 e. The fraction of sp³-hybridized carbons (Fsp3) is 0.500. The Bertz CT molecular complexity index is 666. The number of aromatic nitrogens is 1. The molecule has 0 amide bonds. The van der Waals surface area contributed by atoms with Gasteiger partial charge in [-0.15, -0.1) is 0 Å². The summed E-state index contributed by atoms with van der Waals surface area (Å²) in [5.74, 6) is 4.04. The van der Waals surface area contributed by atoms with Crippen LogP contribution in [0.1, 0.15) is 30.9 Å². The van der Waals surface area contributed by atoms with Crippen LogP contribution in [-0.2, 0) is 0 Å². The molecule has 1 heterocycles. The maximum Gasteiger partial charge on any atom is 0.0824 e. The van der Waals surface area contributed by atoms with Gasteiger partial charge in [0, 0.05) is 11.6 Å². The lowest BCUT2D eigenvalue weighted by Crippen LogP contribution is -2.08. The van der Waals surface area contributed by atoms with E-state index in [0.29, 0.717) is 5.92 Å². The lowest BCUT2D eigenvalue weighted by atomic mass is 9.94. The molecule has 1 aromatic heterocycles. The van der Waals surface area contributed by atoms with E-state index in [9.17, 15) is 5.11 Å². The highest BCUT2D eigenvalue weighted by molar-refractivity contribution is 5.79. The van der Waals surface area contributed by atoms with Gasteiger partial charge in [0.2, 0.25) is 0 Å². The molecule has 3 aliphatic carbocycles. The lowest BCUT2D eigenvalue weighted by Gasteiger charge is -2.16. The summed E-state index contributed by atoms with van der Waals surface area (Å²) in [6.07, 6.45) is 5.83. The lowest BCUT2D eigenvalue weighted by molar-refractivity contribution is 0.130. The summed E-state index contributed by atoms with van der Waals surface area (Å²) in [5.41, 5.74) is 2.10. The Morgan fingerprint density at radius 1 is 1.10 bits per heavy atom. The van der Waals surface area contributed by atoms with Crippen molar-refractivity contribution >= 4 is 10.9 Å². The normalized spacial score (nSPS) is 39.0. The van der Waals surface area contributed by atoms with Gasteiger partial charge in [-0.25, -0.2) is 0 Å². The standard InChI is InChI=1S/C18H19NO/c20-18(17-15-11-3-4-12(9-11)16(15)17)13-5-6-14-10(8-13)2-1-7-19-14/h1-2,5-8,11-12,15-18,20H,3-4,9H2. The highest BCUT2D eigenvalue weighted by Gasteiger charge is 2.66. The number of benzene rings is 1. The average Bonchev–Trinajstić information content (AvgIpc) is 2.93. The monoisotopic (exact) mass is 265 g/mol. The molecule has 0 spiro atoms. The molecule has 1 aromatic carbocycles. The number of hydrogen-bond donors (Lipinski definition) is 1. The highest BCUT2D eigenvalue weighted by atomic mass is 16.3. The molecule has 5 rings (SSSR count). The van der Waals surface area contributed by atoms with Crippen molar-refractivity contribution in [3.05, 3.63) is 42.1 Å². The van der Waals surface area contributed by atoms with Crippen LogP contribution in [0.25, 0.3) is 10.9 Å². The predicted molar refractivity (Wildman–Crippen MR) is 78.0 cm³/mol. The molecule has 3 saturated carbocycles. The van der Waals surface area contributed by atoms with Crippen molar-refractivity contribution in [1.29, 1.82) is 0 Å². The van der Waals surface area contributed by atoms with Crippen LogP contribution in [0, 0.1) is 29.6 Å². The van der Waals surface area contributed by atoms with E-state index in [-0.39, 0.29) is 6.10 Å². The molecule has 1 N–H and O–H groups in total. The van der Waals surface area contributed by atoms with Crippen LogP contribution in [0.4, 0.5) is 0 Å². The summed E-state index contributed by atoms with van der Waals surface area (Å²) < 4.78 is 0. The van der Waals surface area contributed by atoms with Crippen molar-refractivity contribution in [1.82, 2.24) is 4.98 Å². The minimum Gasteiger partial charge on any atom is -0.388 e. The summed E-state index contributed by atoms with van der Waals surface area (Å²) >= 11 is 0. The van der Waals surface area contributed by atoms with Gasteiger partial charge in [-0.05, 0) is 72.6 Å². The third-order valence-corrected chi connectivity index (χ3v) is 6.13. The summed E-state index contributed by atoms with van der Waals surface area (Å²) in [5, 5.41) is 11.9. The fourth-order valence-corrected chi connectivity index (χ4v) is 5.32. The van der Waals surface area contributed by atoms with Gasteiger partial charge in [-0.2, -0.15) is 0 Å². The maximum absolute atomic E-state index is 10.8. The number of hydrogen-bond acceptors (Lipinski definition) is 2. The minimum absolute atomic E-state index is 0.266. The van der Waals surface area contributed by atoms with Crippen molar-refractivity contribution in [2.75, 3.05) is 0 Å². The van der Waals surface area contributed by atoms with Crippen LogP contribution >= 0.6 is 0 Å². The van der Waals surface area contributed by atoms with Gasteiger partial charge >= 0.3 is 0 Å². The molecule has 102 valence electrons. The van der Waals surface area contributed by atoms with Gasteiger partial charge in [-0.1, -0.05) is 12.1 Å². The summed E-state index contributed by atoms with van der Waals surface area (Å²) in [4.78, 5) is 4.35. The van der Waals surface area contributed by atoms with E-state index in [1.165, 1.54) is 19.3 Å². The second-order valence-electron chi connectivity index (χ2n) is 6.97. The summed E-state index contributed by atoms with van der Waals surface area (Å²) in [6, 6.07) is 10.3. The highest BCUT2D eigenvalue weighted by Crippen LogP contribution is 2.72. The van der Waals surface area contributed by atoms with E-state index in [1.807, 2.05) is 18.3 Å². The number of pyridine rings is 1. The Kier molecular flexibility index (Phi) is 2.15. The second kappa shape index (κ2) is 3.82. The topological polar surface area (TPSA) is 33.1 Å². The summed E-state index contributed by atoms with van der Waals surface area (Å²) in [6.45, 7) is 0. The minimum atomic E-state index is -0.266. The van der Waals surface area contributed by atoms with E-state index >= 15 is 0 Å². The zero-order valence-electron chi connectivity index (χ0n) is 11.4. The zero-order valence-corrected chi connectivity index (χ0v) is 11.4. The van der Waals surface area contributed by atoms with Crippen molar-refractivity contribution in [2.24, 2.45) is 29.6 Å². The van der Waals surface area contributed by atoms with Crippen molar-refractivity contribution < 1.29 is 5.11 Å². The smallest absolute Gasteiger partial charge is 0.0824 e. The molecule has 0 saturated heterocycles. The Balaban J connectivity index is 1.47.